The third kappa shape index (κ3) is 5.14. The van der Waals surface area contributed by atoms with Crippen LogP contribution in [0, 0.1) is 56.7 Å². The average Bonchev–Trinajstić information content (AvgIpc) is 3.40. The third-order valence-corrected chi connectivity index (χ3v) is 15.2. The molecule has 0 heterocycles. The maximum atomic E-state index is 13.1. The summed E-state index contributed by atoms with van der Waals surface area (Å²) in [4.78, 5) is 37.3. The molecule has 1 N–H and O–H groups in total. The van der Waals surface area contributed by atoms with Crippen LogP contribution in [0.1, 0.15) is 118 Å². The van der Waals surface area contributed by atoms with Crippen molar-refractivity contribution in [2.75, 3.05) is 0 Å². The number of hydrogen-bond acceptors (Lipinski definition) is 5. The number of carbonyl (C=O) groups excluding carboxylic acids is 2. The van der Waals surface area contributed by atoms with Crippen molar-refractivity contribution in [1.82, 2.24) is 0 Å². The van der Waals surface area contributed by atoms with E-state index in [1.54, 1.807) is 18.2 Å². The van der Waals surface area contributed by atoms with Crippen molar-refractivity contribution in [3.8, 4) is 5.75 Å². The summed E-state index contributed by atoms with van der Waals surface area (Å²) in [7, 11) is 0. The third-order valence-electron chi connectivity index (χ3n) is 15.2. The van der Waals surface area contributed by atoms with Crippen LogP contribution in [0.3, 0.4) is 0 Å². The molecule has 5 fully saturated rings. The minimum atomic E-state index is -0.593. The van der Waals surface area contributed by atoms with Gasteiger partial charge in [-0.1, -0.05) is 58.9 Å². The maximum Gasteiger partial charge on any atom is 0.331 e. The molecule has 0 saturated heterocycles. The Hall–Kier alpha value is -2.89. The SMILES string of the molecule is C=C(C)[C@@H]1CC[C@]2(C(=O)O)CC[C@]3(C)C(CCC4[C@@]5(C)CC[C@H](OC(=O)/C=C/c6ccc(OC(C)=O)cc6)C(C)(C)C5CC[C@]43C)C12. The Kier molecular flexibility index (Phi) is 8.40. The molecule has 0 amide bonds. The molecule has 1 aromatic rings. The predicted octanol–water partition coefficient (Wildman–Crippen LogP) is 9.28. The van der Waals surface area contributed by atoms with Crippen molar-refractivity contribution in [2.24, 2.45) is 56.7 Å². The van der Waals surface area contributed by atoms with E-state index in [9.17, 15) is 19.5 Å². The normalized spacial score (nSPS) is 41.9. The Bertz CT molecular complexity index is 1470. The highest BCUT2D eigenvalue weighted by Gasteiger charge is 2.72. The zero-order valence-electron chi connectivity index (χ0n) is 29.7. The Morgan fingerprint density at radius 1 is 0.830 bits per heavy atom. The number of hydrogen-bond donors (Lipinski definition) is 1. The summed E-state index contributed by atoms with van der Waals surface area (Å²) >= 11 is 0. The smallest absolute Gasteiger partial charge is 0.331 e. The van der Waals surface area contributed by atoms with Crippen LogP contribution in [0.2, 0.25) is 0 Å². The van der Waals surface area contributed by atoms with Crippen LogP contribution in [0.5, 0.6) is 5.75 Å². The van der Waals surface area contributed by atoms with E-state index >= 15 is 0 Å². The van der Waals surface area contributed by atoms with Gasteiger partial charge in [0.1, 0.15) is 11.9 Å². The van der Waals surface area contributed by atoms with Gasteiger partial charge in [0.15, 0.2) is 0 Å². The molecule has 0 aliphatic heterocycles. The van der Waals surface area contributed by atoms with Gasteiger partial charge in [-0.05, 0) is 141 Å². The van der Waals surface area contributed by atoms with E-state index in [1.165, 1.54) is 18.6 Å². The highest BCUT2D eigenvalue weighted by molar-refractivity contribution is 5.87. The number of aliphatic carboxylic acids is 1. The van der Waals surface area contributed by atoms with Crippen LogP contribution < -0.4 is 4.74 Å². The summed E-state index contributed by atoms with van der Waals surface area (Å²) in [6.45, 7) is 20.2. The van der Waals surface area contributed by atoms with Gasteiger partial charge in [-0.15, -0.1) is 0 Å². The van der Waals surface area contributed by atoms with Gasteiger partial charge in [0.2, 0.25) is 0 Å². The minimum absolute atomic E-state index is 0.0974. The molecule has 0 spiro atoms. The van der Waals surface area contributed by atoms with Crippen molar-refractivity contribution in [3.05, 3.63) is 48.1 Å². The second kappa shape index (κ2) is 11.6. The van der Waals surface area contributed by atoms with E-state index in [0.717, 1.165) is 69.8 Å². The molecule has 47 heavy (non-hydrogen) atoms. The minimum Gasteiger partial charge on any atom is -0.481 e. The molecule has 4 unspecified atom stereocenters. The van der Waals surface area contributed by atoms with Crippen molar-refractivity contribution in [3.63, 3.8) is 0 Å². The molecular weight excluding hydrogens is 588 g/mol. The first-order chi connectivity index (χ1) is 22.0. The number of benzene rings is 1. The first kappa shape index (κ1) is 34.0. The molecule has 0 radical (unpaired) electrons. The van der Waals surface area contributed by atoms with Gasteiger partial charge >= 0.3 is 17.9 Å². The Morgan fingerprint density at radius 3 is 2.17 bits per heavy atom. The van der Waals surface area contributed by atoms with Gasteiger partial charge in [-0.3, -0.25) is 9.59 Å². The number of carboxylic acids is 1. The molecular formula is C41H56O6. The van der Waals surface area contributed by atoms with Crippen LogP contribution in [-0.2, 0) is 19.1 Å². The Morgan fingerprint density at radius 2 is 1.53 bits per heavy atom. The van der Waals surface area contributed by atoms with Gasteiger partial charge in [0.05, 0.1) is 5.41 Å². The molecule has 6 rings (SSSR count). The van der Waals surface area contributed by atoms with Crippen LogP contribution in [0.25, 0.3) is 6.08 Å². The molecule has 0 aromatic heterocycles. The summed E-state index contributed by atoms with van der Waals surface area (Å²) < 4.78 is 11.3. The highest BCUT2D eigenvalue weighted by atomic mass is 16.5. The fourth-order valence-corrected chi connectivity index (χ4v) is 12.9. The second-order valence-electron chi connectivity index (χ2n) is 17.4. The lowest BCUT2D eigenvalue weighted by Gasteiger charge is -2.72. The van der Waals surface area contributed by atoms with Crippen LogP contribution >= 0.6 is 0 Å². The number of rotatable bonds is 6. The number of allylic oxidation sites excluding steroid dienone is 1. The summed E-state index contributed by atoms with van der Waals surface area (Å²) in [5.41, 5.74) is 1.62. The predicted molar refractivity (Wildman–Crippen MR) is 183 cm³/mol. The van der Waals surface area contributed by atoms with Crippen LogP contribution in [-0.4, -0.2) is 29.1 Å². The molecule has 5 saturated carbocycles. The first-order valence-corrected chi connectivity index (χ1v) is 18.1. The zero-order chi connectivity index (χ0) is 34.2. The second-order valence-corrected chi connectivity index (χ2v) is 17.4. The standard InChI is InChI=1S/C41H56O6/c1-25(2)29-17-22-41(36(44)45)24-23-39(7)30(35(29)41)14-15-32-38(6)20-19-33(37(4,5)31(38)18-21-40(32,39)8)47-34(43)16-11-27-9-12-28(13-10-27)46-26(3)42/h9-13,16,29-33,35H,1,14-15,17-24H2,2-8H3,(H,44,45)/b16-11+/t29-,30?,31?,32?,33-,35?,38-,39+,40+,41-/m0/s1. The number of fused-ring (bicyclic) bond motifs is 7. The molecule has 256 valence electrons. The lowest BCUT2D eigenvalue weighted by atomic mass is 9.32. The highest BCUT2D eigenvalue weighted by Crippen LogP contribution is 2.77. The van der Waals surface area contributed by atoms with Gasteiger partial charge < -0.3 is 14.6 Å². The molecule has 5 aliphatic carbocycles. The van der Waals surface area contributed by atoms with E-state index in [4.69, 9.17) is 9.47 Å². The number of esters is 2. The van der Waals surface area contributed by atoms with Crippen molar-refractivity contribution >= 4 is 24.0 Å². The summed E-state index contributed by atoms with van der Waals surface area (Å²) in [5.74, 6) is 1.11. The number of carbonyl (C=O) groups is 3. The molecule has 5 aliphatic rings. The van der Waals surface area contributed by atoms with E-state index < -0.39 is 11.4 Å². The maximum absolute atomic E-state index is 13.1. The fourth-order valence-electron chi connectivity index (χ4n) is 12.9. The largest absolute Gasteiger partial charge is 0.481 e. The van der Waals surface area contributed by atoms with Gasteiger partial charge in [0.25, 0.3) is 0 Å². The van der Waals surface area contributed by atoms with E-state index in [2.05, 4.69) is 48.1 Å². The molecule has 6 heteroatoms. The van der Waals surface area contributed by atoms with E-state index in [1.807, 2.05) is 12.1 Å². The summed E-state index contributed by atoms with van der Waals surface area (Å²) in [6, 6.07) is 7.05. The number of ether oxygens (including phenoxy) is 2. The van der Waals surface area contributed by atoms with E-state index in [0.29, 0.717) is 29.4 Å². The topological polar surface area (TPSA) is 89.9 Å². The van der Waals surface area contributed by atoms with Crippen LogP contribution in [0.15, 0.2) is 42.5 Å². The number of carboxylic acid groups (broad SMARTS) is 1. The Balaban J connectivity index is 1.20. The van der Waals surface area contributed by atoms with Gasteiger partial charge in [-0.25, -0.2) is 4.79 Å². The summed E-state index contributed by atoms with van der Waals surface area (Å²) in [6.07, 6.45) is 13.0. The van der Waals surface area contributed by atoms with Crippen LogP contribution in [0.4, 0.5) is 0 Å². The monoisotopic (exact) mass is 644 g/mol. The van der Waals surface area contributed by atoms with Crippen molar-refractivity contribution in [1.29, 1.82) is 0 Å². The molecule has 10 atom stereocenters. The van der Waals surface area contributed by atoms with Gasteiger partial charge in [-0.2, -0.15) is 0 Å². The molecule has 6 nitrogen and oxygen atoms in total. The zero-order valence-corrected chi connectivity index (χ0v) is 29.7. The quantitative estimate of drug-likeness (QED) is 0.144. The Labute approximate surface area is 281 Å². The molecule has 1 aromatic carbocycles. The van der Waals surface area contributed by atoms with Crippen molar-refractivity contribution in [2.45, 2.75) is 119 Å². The van der Waals surface area contributed by atoms with Gasteiger partial charge in [0, 0.05) is 18.4 Å². The summed E-state index contributed by atoms with van der Waals surface area (Å²) in [5, 5.41) is 10.7. The first-order valence-electron chi connectivity index (χ1n) is 18.1. The lowest BCUT2D eigenvalue weighted by molar-refractivity contribution is -0.250. The molecule has 0 bridgehead atoms. The van der Waals surface area contributed by atoms with E-state index in [-0.39, 0.29) is 45.6 Å². The van der Waals surface area contributed by atoms with Crippen molar-refractivity contribution < 1.29 is 29.0 Å². The lowest BCUT2D eigenvalue weighted by Crippen LogP contribution is -2.67. The average molecular weight is 645 g/mol. The fraction of sp³-hybridized carbons (Fsp3) is 0.683.